The van der Waals surface area contributed by atoms with Gasteiger partial charge in [0.1, 0.15) is 5.92 Å². The molecule has 22 heavy (non-hydrogen) atoms. The van der Waals surface area contributed by atoms with E-state index in [4.69, 9.17) is 0 Å². The molecular formula is C16H8BrF3O2. The van der Waals surface area contributed by atoms with E-state index >= 15 is 0 Å². The lowest BCUT2D eigenvalue weighted by atomic mass is 9.90. The molecule has 2 aromatic rings. The van der Waals surface area contributed by atoms with E-state index in [9.17, 15) is 22.8 Å². The summed E-state index contributed by atoms with van der Waals surface area (Å²) in [6.45, 7) is 0. The average Bonchev–Trinajstić information content (AvgIpc) is 2.71. The van der Waals surface area contributed by atoms with E-state index in [0.29, 0.717) is 0 Å². The summed E-state index contributed by atoms with van der Waals surface area (Å²) in [6, 6.07) is 9.58. The minimum Gasteiger partial charge on any atom is -0.293 e. The van der Waals surface area contributed by atoms with Gasteiger partial charge in [-0.05, 0) is 17.7 Å². The van der Waals surface area contributed by atoms with E-state index in [1.165, 1.54) is 24.3 Å². The molecule has 0 aromatic heterocycles. The summed E-state index contributed by atoms with van der Waals surface area (Å²) in [5, 5.41) is 0. The van der Waals surface area contributed by atoms with Crippen molar-refractivity contribution in [3.05, 3.63) is 69.2 Å². The Balaban J connectivity index is 2.23. The van der Waals surface area contributed by atoms with Crippen LogP contribution in [0, 0.1) is 0 Å². The fraction of sp³-hybridized carbons (Fsp3) is 0.125. The Labute approximate surface area is 132 Å². The molecule has 0 fully saturated rings. The van der Waals surface area contributed by atoms with Crippen molar-refractivity contribution in [1.29, 1.82) is 0 Å². The maximum Gasteiger partial charge on any atom is 0.416 e. The van der Waals surface area contributed by atoms with Gasteiger partial charge in [0.2, 0.25) is 0 Å². The number of hydrogen-bond donors (Lipinski definition) is 0. The van der Waals surface area contributed by atoms with Gasteiger partial charge in [-0.1, -0.05) is 46.3 Å². The van der Waals surface area contributed by atoms with E-state index in [1.54, 1.807) is 12.1 Å². The van der Waals surface area contributed by atoms with Crippen LogP contribution in [0.1, 0.15) is 37.8 Å². The van der Waals surface area contributed by atoms with Gasteiger partial charge in [0, 0.05) is 15.6 Å². The van der Waals surface area contributed by atoms with E-state index in [1.807, 2.05) is 0 Å². The molecule has 1 aliphatic carbocycles. The van der Waals surface area contributed by atoms with Gasteiger partial charge in [0.15, 0.2) is 11.6 Å². The molecule has 0 saturated heterocycles. The maximum atomic E-state index is 13.2. The lowest BCUT2D eigenvalue weighted by molar-refractivity contribution is -0.138. The van der Waals surface area contributed by atoms with Crippen LogP contribution in [0.2, 0.25) is 0 Å². The van der Waals surface area contributed by atoms with Crippen LogP contribution in [-0.2, 0) is 6.18 Å². The Morgan fingerprint density at radius 2 is 1.41 bits per heavy atom. The number of carbonyl (C=O) groups is 2. The van der Waals surface area contributed by atoms with Crippen LogP contribution in [0.4, 0.5) is 13.2 Å². The number of hydrogen-bond acceptors (Lipinski definition) is 2. The monoisotopic (exact) mass is 368 g/mol. The smallest absolute Gasteiger partial charge is 0.293 e. The first kappa shape index (κ1) is 15.0. The Hall–Kier alpha value is -1.95. The molecule has 0 bridgehead atoms. The highest BCUT2D eigenvalue weighted by Crippen LogP contribution is 2.43. The van der Waals surface area contributed by atoms with Crippen molar-refractivity contribution in [2.24, 2.45) is 0 Å². The lowest BCUT2D eigenvalue weighted by Crippen LogP contribution is -2.19. The number of fused-ring (bicyclic) bond motifs is 1. The molecule has 0 heterocycles. The number of halogens is 4. The zero-order valence-electron chi connectivity index (χ0n) is 10.9. The second-order valence-corrected chi connectivity index (χ2v) is 5.76. The summed E-state index contributed by atoms with van der Waals surface area (Å²) in [5.74, 6) is -2.65. The molecule has 0 spiro atoms. The highest BCUT2D eigenvalue weighted by Gasteiger charge is 2.45. The predicted octanol–water partition coefficient (Wildman–Crippen LogP) is 4.63. The Morgan fingerprint density at radius 3 is 1.91 bits per heavy atom. The number of ketones is 2. The van der Waals surface area contributed by atoms with Crippen LogP contribution < -0.4 is 0 Å². The molecule has 0 unspecified atom stereocenters. The first-order valence-corrected chi connectivity index (χ1v) is 7.14. The fourth-order valence-electron chi connectivity index (χ4n) is 2.68. The van der Waals surface area contributed by atoms with Gasteiger partial charge in [-0.15, -0.1) is 0 Å². The first-order valence-electron chi connectivity index (χ1n) is 6.35. The third-order valence-corrected chi connectivity index (χ3v) is 4.32. The SMILES string of the molecule is O=C1c2ccccc2C(=O)C1c1c(Br)cccc1C(F)(F)F. The van der Waals surface area contributed by atoms with Gasteiger partial charge in [-0.3, -0.25) is 9.59 Å². The summed E-state index contributed by atoms with van der Waals surface area (Å²) < 4.78 is 39.8. The topological polar surface area (TPSA) is 34.1 Å². The van der Waals surface area contributed by atoms with Crippen molar-refractivity contribution in [3.63, 3.8) is 0 Å². The van der Waals surface area contributed by atoms with Crippen molar-refractivity contribution in [2.45, 2.75) is 12.1 Å². The zero-order valence-corrected chi connectivity index (χ0v) is 12.5. The van der Waals surface area contributed by atoms with E-state index < -0.39 is 29.2 Å². The highest BCUT2D eigenvalue weighted by molar-refractivity contribution is 9.10. The highest BCUT2D eigenvalue weighted by atomic mass is 79.9. The second-order valence-electron chi connectivity index (χ2n) is 4.91. The summed E-state index contributed by atoms with van der Waals surface area (Å²) in [4.78, 5) is 24.9. The van der Waals surface area contributed by atoms with Crippen molar-refractivity contribution in [3.8, 4) is 0 Å². The minimum atomic E-state index is -4.64. The van der Waals surface area contributed by atoms with Gasteiger partial charge < -0.3 is 0 Å². The fourth-order valence-corrected chi connectivity index (χ4v) is 3.28. The summed E-state index contributed by atoms with van der Waals surface area (Å²) in [6.07, 6.45) is -4.64. The van der Waals surface area contributed by atoms with Crippen LogP contribution in [-0.4, -0.2) is 11.6 Å². The van der Waals surface area contributed by atoms with Gasteiger partial charge in [0.05, 0.1) is 5.56 Å². The van der Waals surface area contributed by atoms with Crippen LogP contribution in [0.5, 0.6) is 0 Å². The van der Waals surface area contributed by atoms with Crippen molar-refractivity contribution in [1.82, 2.24) is 0 Å². The molecule has 0 amide bonds. The first-order chi connectivity index (χ1) is 10.3. The van der Waals surface area contributed by atoms with E-state index in [-0.39, 0.29) is 21.2 Å². The minimum absolute atomic E-state index is 0.0989. The van der Waals surface area contributed by atoms with Crippen LogP contribution in [0.3, 0.4) is 0 Å². The molecule has 3 rings (SSSR count). The molecule has 2 nitrogen and oxygen atoms in total. The average molecular weight is 369 g/mol. The van der Waals surface area contributed by atoms with Crippen molar-refractivity contribution < 1.29 is 22.8 Å². The van der Waals surface area contributed by atoms with Crippen LogP contribution >= 0.6 is 15.9 Å². The predicted molar refractivity (Wildman–Crippen MR) is 77.0 cm³/mol. The number of benzene rings is 2. The molecular weight excluding hydrogens is 361 g/mol. The largest absolute Gasteiger partial charge is 0.416 e. The number of carbonyl (C=O) groups excluding carboxylic acids is 2. The molecule has 0 aliphatic heterocycles. The molecule has 0 radical (unpaired) electrons. The summed E-state index contributed by atoms with van der Waals surface area (Å²) >= 11 is 3.04. The Morgan fingerprint density at radius 1 is 0.864 bits per heavy atom. The quantitative estimate of drug-likeness (QED) is 0.687. The third kappa shape index (κ3) is 2.18. The molecule has 112 valence electrons. The van der Waals surface area contributed by atoms with E-state index in [2.05, 4.69) is 15.9 Å². The molecule has 0 N–H and O–H groups in total. The molecule has 0 atom stereocenters. The summed E-state index contributed by atoms with van der Waals surface area (Å²) in [7, 11) is 0. The normalized spacial score (nSPS) is 15.3. The van der Waals surface area contributed by atoms with Crippen LogP contribution in [0.15, 0.2) is 46.9 Å². The van der Waals surface area contributed by atoms with Gasteiger partial charge >= 0.3 is 6.18 Å². The van der Waals surface area contributed by atoms with Gasteiger partial charge in [-0.25, -0.2) is 0 Å². The Bertz CT molecular complexity index is 761. The van der Waals surface area contributed by atoms with Crippen molar-refractivity contribution in [2.75, 3.05) is 0 Å². The number of alkyl halides is 3. The maximum absolute atomic E-state index is 13.2. The molecule has 0 saturated carbocycles. The van der Waals surface area contributed by atoms with Crippen molar-refractivity contribution >= 4 is 27.5 Å². The number of rotatable bonds is 1. The molecule has 6 heteroatoms. The zero-order chi connectivity index (χ0) is 16.1. The van der Waals surface area contributed by atoms with Gasteiger partial charge in [-0.2, -0.15) is 13.2 Å². The molecule has 2 aromatic carbocycles. The van der Waals surface area contributed by atoms with Crippen LogP contribution in [0.25, 0.3) is 0 Å². The lowest BCUT2D eigenvalue weighted by Gasteiger charge is -2.17. The van der Waals surface area contributed by atoms with Gasteiger partial charge in [0.25, 0.3) is 0 Å². The third-order valence-electron chi connectivity index (χ3n) is 3.63. The standard InChI is InChI=1S/C16H8BrF3O2/c17-11-7-3-6-10(16(18,19)20)12(11)13-14(21)8-4-1-2-5-9(8)15(13)22/h1-7,13H. The second kappa shape index (κ2) is 5.05. The Kier molecular flexibility index (Phi) is 3.44. The molecule has 1 aliphatic rings. The van der Waals surface area contributed by atoms with E-state index in [0.717, 1.165) is 6.07 Å². The number of Topliss-reactive ketones (excluding diaryl/α,β-unsaturated/α-hetero) is 2. The summed E-state index contributed by atoms with van der Waals surface area (Å²) in [5.41, 5.74) is -0.953.